The highest BCUT2D eigenvalue weighted by molar-refractivity contribution is 8.26. The minimum atomic E-state index is -2.01. The monoisotopic (exact) mass is 613 g/mol. The number of aliphatic hydroxyl groups excluding tert-OH is 1. The molecule has 0 heterocycles. The Labute approximate surface area is 243 Å². The number of hydrogen-bond acceptors (Lipinski definition) is 6. The van der Waals surface area contributed by atoms with Gasteiger partial charge in [-0.15, -0.1) is 0 Å². The van der Waals surface area contributed by atoms with Crippen LogP contribution in [0.15, 0.2) is 84.9 Å². The van der Waals surface area contributed by atoms with E-state index in [1.807, 2.05) is 105 Å². The van der Waals surface area contributed by atoms with E-state index < -0.39 is 22.0 Å². The molecular weight excluding hydrogens is 576 g/mol. The van der Waals surface area contributed by atoms with Crippen LogP contribution in [0.5, 0.6) is 5.75 Å². The van der Waals surface area contributed by atoms with E-state index in [0.717, 1.165) is 35.5 Å². The van der Waals surface area contributed by atoms with Gasteiger partial charge >= 0.3 is 0 Å². The Morgan fingerprint density at radius 2 is 1.44 bits per heavy atom. The van der Waals surface area contributed by atoms with E-state index in [2.05, 4.69) is 26.3 Å². The third kappa shape index (κ3) is 11.4. The van der Waals surface area contributed by atoms with Gasteiger partial charge in [0.1, 0.15) is 18.0 Å². The number of benzene rings is 3. The normalized spacial score (nSPS) is 13.9. The molecule has 2 N–H and O–H groups in total. The second-order valence-corrected chi connectivity index (χ2v) is 15.9. The van der Waals surface area contributed by atoms with E-state index >= 15 is 0 Å². The third-order valence-electron chi connectivity index (χ3n) is 6.39. The largest absolute Gasteiger partial charge is 0.492 e. The van der Waals surface area contributed by atoms with Crippen molar-refractivity contribution in [2.75, 3.05) is 52.8 Å². The molecule has 0 radical (unpaired) electrons. The maximum Gasteiger partial charge on any atom is 0.211 e. The maximum absolute atomic E-state index is 12.3. The second kappa shape index (κ2) is 16.5. The van der Waals surface area contributed by atoms with Crippen molar-refractivity contribution >= 4 is 37.7 Å². The highest BCUT2D eigenvalue weighted by Crippen LogP contribution is 2.44. The molecule has 0 aromatic heterocycles. The Morgan fingerprint density at radius 3 is 1.95 bits per heavy atom. The van der Waals surface area contributed by atoms with E-state index in [0.29, 0.717) is 19.2 Å². The van der Waals surface area contributed by atoms with Crippen LogP contribution in [-0.2, 0) is 19.4 Å². The minimum Gasteiger partial charge on any atom is -0.492 e. The van der Waals surface area contributed by atoms with E-state index in [-0.39, 0.29) is 12.5 Å². The van der Waals surface area contributed by atoms with Crippen molar-refractivity contribution in [2.45, 2.75) is 17.9 Å². The van der Waals surface area contributed by atoms with Crippen molar-refractivity contribution in [1.82, 2.24) is 4.90 Å². The molecule has 0 spiro atoms. The number of nitrogens with zero attached hydrogens (tertiary/aromatic N) is 1. The van der Waals surface area contributed by atoms with Crippen LogP contribution in [0.2, 0.25) is 0 Å². The summed E-state index contributed by atoms with van der Waals surface area (Å²) in [6.07, 6.45) is 1.12. The third-order valence-corrected chi connectivity index (χ3v) is 7.67. The fourth-order valence-electron chi connectivity index (χ4n) is 4.34. The molecule has 0 aliphatic heterocycles. The molecule has 10 heteroatoms. The van der Waals surface area contributed by atoms with E-state index in [1.165, 1.54) is 0 Å². The van der Waals surface area contributed by atoms with Crippen LogP contribution < -0.4 is 4.74 Å². The molecule has 0 aliphatic carbocycles. The fraction of sp³-hybridized carbons (Fsp3) is 0.379. The number of rotatable bonds is 13. The second-order valence-electron chi connectivity index (χ2n) is 9.77. The van der Waals surface area contributed by atoms with Crippen molar-refractivity contribution in [3.63, 3.8) is 0 Å². The first-order valence-electron chi connectivity index (χ1n) is 12.6. The molecule has 6 nitrogen and oxygen atoms in total. The summed E-state index contributed by atoms with van der Waals surface area (Å²) in [5.74, 6) is 0.400. The number of halogens is 2. The average molecular weight is 615 g/mol. The number of ether oxygens (including phenoxy) is 1. The minimum absolute atomic E-state index is 0.0328. The molecule has 0 amide bonds. The Morgan fingerprint density at radius 1 is 0.923 bits per heavy atom. The zero-order valence-electron chi connectivity index (χ0n) is 22.6. The van der Waals surface area contributed by atoms with Crippen molar-refractivity contribution < 1.29 is 23.7 Å². The van der Waals surface area contributed by atoms with Gasteiger partial charge in [0.05, 0.1) is 7.14 Å². The molecule has 0 saturated heterocycles. The van der Waals surface area contributed by atoms with Gasteiger partial charge < -0.3 is 24.4 Å². The SMILES string of the molecule is CN(CCOc1ccc(C(O)(c2ccccc2)C(CCO)c2ccccc2)cc1)CCP(C)(C)=O.O=S(Cl)Cl. The first-order chi connectivity index (χ1) is 18.5. The maximum atomic E-state index is 12.3. The van der Waals surface area contributed by atoms with Crippen LogP contribution in [0.1, 0.15) is 29.0 Å². The summed E-state index contributed by atoms with van der Waals surface area (Å²) in [7, 11) is 7.35. The van der Waals surface area contributed by atoms with Crippen molar-refractivity contribution in [1.29, 1.82) is 0 Å². The van der Waals surface area contributed by atoms with E-state index in [1.54, 1.807) is 0 Å². The summed E-state index contributed by atoms with van der Waals surface area (Å²) < 4.78 is 26.9. The van der Waals surface area contributed by atoms with Gasteiger partial charge in [0.15, 0.2) is 0 Å². The topological polar surface area (TPSA) is 87.1 Å². The van der Waals surface area contributed by atoms with Crippen molar-refractivity contribution in [3.05, 3.63) is 102 Å². The molecule has 3 aromatic rings. The van der Waals surface area contributed by atoms with Crippen molar-refractivity contribution in [2.24, 2.45) is 0 Å². The molecule has 214 valence electrons. The number of aliphatic hydroxyl groups is 2. The van der Waals surface area contributed by atoms with Gasteiger partial charge in [-0.05, 0) is 55.6 Å². The van der Waals surface area contributed by atoms with Crippen LogP contribution in [0.3, 0.4) is 0 Å². The van der Waals surface area contributed by atoms with Crippen LogP contribution in [0.25, 0.3) is 0 Å². The van der Waals surface area contributed by atoms with Gasteiger partial charge in [-0.3, -0.25) is 0 Å². The Bertz CT molecular complexity index is 1180. The average Bonchev–Trinajstić information content (AvgIpc) is 2.91. The van der Waals surface area contributed by atoms with Crippen LogP contribution >= 0.6 is 28.5 Å². The molecule has 0 aliphatic rings. The summed E-state index contributed by atoms with van der Waals surface area (Å²) >= 11 is 0. The summed E-state index contributed by atoms with van der Waals surface area (Å²) in [6.45, 7) is 5.64. The molecule has 0 bridgehead atoms. The van der Waals surface area contributed by atoms with Gasteiger partial charge in [-0.25, -0.2) is 4.21 Å². The molecule has 2 unspecified atom stereocenters. The molecule has 3 rings (SSSR count). The molecule has 0 saturated carbocycles. The molecule has 39 heavy (non-hydrogen) atoms. The lowest BCUT2D eigenvalue weighted by molar-refractivity contribution is 0.0392. The van der Waals surface area contributed by atoms with Gasteiger partial charge in [0, 0.05) is 53.1 Å². The standard InChI is InChI=1S/C29H38NO4P.Cl2OS/c1-30(20-23-35(2,3)33)19-22-34-27-16-14-26(15-17-27)29(32,25-12-8-5-9-13-25)28(18-21-31)24-10-6-4-7-11-24;1-4(2)3/h4-17,28,31-32H,18-23H2,1-3H3;. The summed E-state index contributed by atoms with van der Waals surface area (Å²) in [4.78, 5) is 2.13. The first kappa shape index (κ1) is 33.5. The quantitative estimate of drug-likeness (QED) is 0.180. The smallest absolute Gasteiger partial charge is 0.211 e. The van der Waals surface area contributed by atoms with Gasteiger partial charge in [0.2, 0.25) is 9.23 Å². The highest BCUT2D eigenvalue weighted by atomic mass is 36.0. The zero-order valence-corrected chi connectivity index (χ0v) is 25.8. The predicted molar refractivity (Wildman–Crippen MR) is 164 cm³/mol. The zero-order chi connectivity index (χ0) is 28.9. The highest BCUT2D eigenvalue weighted by Gasteiger charge is 2.40. The van der Waals surface area contributed by atoms with Crippen molar-refractivity contribution in [3.8, 4) is 5.75 Å². The van der Waals surface area contributed by atoms with E-state index in [9.17, 15) is 14.8 Å². The fourth-order valence-corrected chi connectivity index (χ4v) is 5.16. The Balaban J connectivity index is 0.00000124. The lowest BCUT2D eigenvalue weighted by Crippen LogP contribution is -2.35. The first-order valence-corrected chi connectivity index (χ1v) is 18.2. The summed E-state index contributed by atoms with van der Waals surface area (Å²) in [5.41, 5.74) is 1.18. The lowest BCUT2D eigenvalue weighted by Gasteiger charge is -2.38. The van der Waals surface area contributed by atoms with Crippen LogP contribution in [0, 0.1) is 0 Å². The number of hydrogen-bond donors (Lipinski definition) is 2. The molecule has 0 fully saturated rings. The summed E-state index contributed by atoms with van der Waals surface area (Å²) in [5, 5.41) is 22.2. The molecule has 2 atom stereocenters. The number of likely N-dealkylation sites (N-methyl/N-ethyl adjacent to an activating group) is 1. The lowest BCUT2D eigenvalue weighted by atomic mass is 9.71. The Kier molecular flexibility index (Phi) is 14.2. The Hall–Kier alpha value is -1.70. The van der Waals surface area contributed by atoms with Crippen LogP contribution in [0.4, 0.5) is 0 Å². The van der Waals surface area contributed by atoms with Gasteiger partial charge in [-0.2, -0.15) is 0 Å². The predicted octanol–water partition coefficient (Wildman–Crippen LogP) is 6.06. The van der Waals surface area contributed by atoms with Crippen LogP contribution in [-0.4, -0.2) is 72.2 Å². The van der Waals surface area contributed by atoms with Gasteiger partial charge in [0.25, 0.3) is 0 Å². The molecular formula is C29H38Cl2NO5PS. The summed E-state index contributed by atoms with van der Waals surface area (Å²) in [6, 6.07) is 27.1. The molecule has 3 aromatic carbocycles. The van der Waals surface area contributed by atoms with Gasteiger partial charge in [-0.1, -0.05) is 72.8 Å². The van der Waals surface area contributed by atoms with E-state index in [4.69, 9.17) is 8.95 Å².